The van der Waals surface area contributed by atoms with Crippen molar-refractivity contribution < 1.29 is 4.39 Å². The first-order valence-electron chi connectivity index (χ1n) is 6.26. The average Bonchev–Trinajstić information content (AvgIpc) is 2.64. The van der Waals surface area contributed by atoms with Crippen molar-refractivity contribution in [3.63, 3.8) is 0 Å². The normalized spacial score (nSPS) is 22.7. The number of nitrogens with zero attached hydrogens (tertiary/aromatic N) is 1. The Hall–Kier alpha value is -0.450. The number of rotatable bonds is 3. The zero-order chi connectivity index (χ0) is 13.3. The zero-order valence-electron chi connectivity index (χ0n) is 11.1. The van der Waals surface area contributed by atoms with Gasteiger partial charge in [0.05, 0.1) is 0 Å². The van der Waals surface area contributed by atoms with Crippen LogP contribution in [0.5, 0.6) is 0 Å². The Morgan fingerprint density at radius 2 is 2.22 bits per heavy atom. The Balaban J connectivity index is 2.03. The molecule has 2 nitrogen and oxygen atoms in total. The topological polar surface area (TPSA) is 15.3 Å². The van der Waals surface area contributed by atoms with Crippen molar-refractivity contribution in [3.8, 4) is 0 Å². The minimum atomic E-state index is -0.129. The van der Waals surface area contributed by atoms with Crippen molar-refractivity contribution in [2.75, 3.05) is 13.6 Å². The summed E-state index contributed by atoms with van der Waals surface area (Å²) in [5.74, 6) is -0.129. The first-order valence-corrected chi connectivity index (χ1v) is 7.06. The van der Waals surface area contributed by atoms with Gasteiger partial charge in [-0.2, -0.15) is 0 Å². The van der Waals surface area contributed by atoms with Gasteiger partial charge in [-0.1, -0.05) is 15.9 Å². The van der Waals surface area contributed by atoms with Crippen molar-refractivity contribution in [2.45, 2.75) is 38.4 Å². The van der Waals surface area contributed by atoms with Crippen LogP contribution in [0.1, 0.15) is 25.8 Å². The second-order valence-electron chi connectivity index (χ2n) is 5.77. The van der Waals surface area contributed by atoms with Crippen LogP contribution in [0.15, 0.2) is 22.7 Å². The van der Waals surface area contributed by atoms with Crippen LogP contribution in [-0.4, -0.2) is 30.1 Å². The highest BCUT2D eigenvalue weighted by Crippen LogP contribution is 2.24. The zero-order valence-corrected chi connectivity index (χ0v) is 12.7. The highest BCUT2D eigenvalue weighted by molar-refractivity contribution is 9.10. The first kappa shape index (κ1) is 14.0. The Bertz CT molecular complexity index is 434. The molecule has 1 aromatic carbocycles. The standard InChI is InChI=1S/C14H20BrFN2/c1-14(2)7-12(8-17-14)18(3)9-10-6-11(15)4-5-13(10)16/h4-6,12,17H,7-9H2,1-3H3. The molecule has 0 radical (unpaired) electrons. The molecule has 1 aliphatic rings. The fourth-order valence-corrected chi connectivity index (χ4v) is 2.91. The molecule has 1 N–H and O–H groups in total. The van der Waals surface area contributed by atoms with Crippen molar-refractivity contribution >= 4 is 15.9 Å². The predicted octanol–water partition coefficient (Wildman–Crippen LogP) is 3.16. The summed E-state index contributed by atoms with van der Waals surface area (Å²) in [5.41, 5.74) is 0.936. The van der Waals surface area contributed by atoms with E-state index in [1.54, 1.807) is 6.07 Å². The van der Waals surface area contributed by atoms with Crippen LogP contribution in [-0.2, 0) is 6.54 Å². The minimum absolute atomic E-state index is 0.129. The summed E-state index contributed by atoms with van der Waals surface area (Å²) in [7, 11) is 2.06. The number of nitrogens with one attached hydrogen (secondary N) is 1. The molecule has 0 bridgehead atoms. The molecule has 0 spiro atoms. The smallest absolute Gasteiger partial charge is 0.127 e. The van der Waals surface area contributed by atoms with Crippen LogP contribution in [0.4, 0.5) is 4.39 Å². The molecular weight excluding hydrogens is 295 g/mol. The molecule has 1 aromatic rings. The molecule has 1 saturated heterocycles. The maximum atomic E-state index is 13.7. The second-order valence-corrected chi connectivity index (χ2v) is 6.69. The number of benzene rings is 1. The quantitative estimate of drug-likeness (QED) is 0.922. The summed E-state index contributed by atoms with van der Waals surface area (Å²) in [6, 6.07) is 5.58. The van der Waals surface area contributed by atoms with Crippen LogP contribution in [0.2, 0.25) is 0 Å². The lowest BCUT2D eigenvalue weighted by Gasteiger charge is -2.25. The summed E-state index contributed by atoms with van der Waals surface area (Å²) in [4.78, 5) is 2.23. The van der Waals surface area contributed by atoms with Crippen LogP contribution in [0.3, 0.4) is 0 Å². The van der Waals surface area contributed by atoms with Crippen molar-refractivity contribution in [1.82, 2.24) is 10.2 Å². The highest BCUT2D eigenvalue weighted by atomic mass is 79.9. The molecule has 18 heavy (non-hydrogen) atoms. The largest absolute Gasteiger partial charge is 0.310 e. The summed E-state index contributed by atoms with van der Waals surface area (Å²) in [5, 5.41) is 3.49. The second kappa shape index (κ2) is 5.27. The number of halogens is 2. The fraction of sp³-hybridized carbons (Fsp3) is 0.571. The molecule has 1 atom stereocenters. The van der Waals surface area contributed by atoms with Gasteiger partial charge in [-0.15, -0.1) is 0 Å². The predicted molar refractivity (Wildman–Crippen MR) is 76.1 cm³/mol. The van der Waals surface area contributed by atoms with Gasteiger partial charge in [0.15, 0.2) is 0 Å². The van der Waals surface area contributed by atoms with Gasteiger partial charge >= 0.3 is 0 Å². The van der Waals surface area contributed by atoms with Crippen LogP contribution in [0, 0.1) is 5.82 Å². The SMILES string of the molecule is CN(Cc1cc(Br)ccc1F)C1CNC(C)(C)C1. The maximum Gasteiger partial charge on any atom is 0.127 e. The lowest BCUT2D eigenvalue weighted by Crippen LogP contribution is -2.33. The Morgan fingerprint density at radius 3 is 2.83 bits per heavy atom. The third-order valence-corrected chi connectivity index (χ3v) is 4.11. The molecule has 1 heterocycles. The fourth-order valence-electron chi connectivity index (χ4n) is 2.50. The summed E-state index contributed by atoms with van der Waals surface area (Å²) < 4.78 is 14.6. The van der Waals surface area contributed by atoms with E-state index < -0.39 is 0 Å². The van der Waals surface area contributed by atoms with E-state index in [-0.39, 0.29) is 11.4 Å². The van der Waals surface area contributed by atoms with Gasteiger partial charge < -0.3 is 5.32 Å². The molecule has 1 aliphatic heterocycles. The van der Waals surface area contributed by atoms with E-state index in [1.165, 1.54) is 6.07 Å². The van der Waals surface area contributed by atoms with E-state index in [0.29, 0.717) is 12.6 Å². The lowest BCUT2D eigenvalue weighted by molar-refractivity contribution is 0.237. The summed E-state index contributed by atoms with van der Waals surface area (Å²) in [6.07, 6.45) is 1.10. The van der Waals surface area contributed by atoms with Gasteiger partial charge in [0.25, 0.3) is 0 Å². The van der Waals surface area contributed by atoms with Crippen molar-refractivity contribution in [3.05, 3.63) is 34.1 Å². The van der Waals surface area contributed by atoms with Gasteiger partial charge in [0.1, 0.15) is 5.82 Å². The van der Waals surface area contributed by atoms with E-state index in [9.17, 15) is 4.39 Å². The molecule has 0 aliphatic carbocycles. The molecule has 100 valence electrons. The molecule has 1 unspecified atom stereocenters. The van der Waals surface area contributed by atoms with Gasteiger partial charge in [0.2, 0.25) is 0 Å². The molecule has 0 aromatic heterocycles. The molecule has 1 fully saturated rings. The minimum Gasteiger partial charge on any atom is -0.310 e. The van der Waals surface area contributed by atoms with Crippen molar-refractivity contribution in [1.29, 1.82) is 0 Å². The van der Waals surface area contributed by atoms with Crippen LogP contribution < -0.4 is 5.32 Å². The first-order chi connectivity index (χ1) is 8.37. The summed E-state index contributed by atoms with van der Waals surface area (Å²) >= 11 is 3.39. The Labute approximate surface area is 117 Å². The highest BCUT2D eigenvalue weighted by Gasteiger charge is 2.32. The van der Waals surface area contributed by atoms with Crippen LogP contribution in [0.25, 0.3) is 0 Å². The molecule has 0 saturated carbocycles. The maximum absolute atomic E-state index is 13.7. The molecular formula is C14H20BrFN2. The third-order valence-electron chi connectivity index (χ3n) is 3.61. The Morgan fingerprint density at radius 1 is 1.50 bits per heavy atom. The van der Waals surface area contributed by atoms with Crippen molar-refractivity contribution in [2.24, 2.45) is 0 Å². The van der Waals surface area contributed by atoms with Gasteiger partial charge in [-0.3, -0.25) is 4.90 Å². The molecule has 2 rings (SSSR count). The number of hydrogen-bond donors (Lipinski definition) is 1. The van der Waals surface area contributed by atoms with E-state index in [4.69, 9.17) is 0 Å². The number of likely N-dealkylation sites (N-methyl/N-ethyl adjacent to an activating group) is 1. The van der Waals surface area contributed by atoms with E-state index in [1.807, 2.05) is 6.07 Å². The van der Waals surface area contributed by atoms with E-state index >= 15 is 0 Å². The van der Waals surface area contributed by atoms with Crippen LogP contribution >= 0.6 is 15.9 Å². The monoisotopic (exact) mass is 314 g/mol. The molecule has 0 amide bonds. The number of hydrogen-bond acceptors (Lipinski definition) is 2. The lowest BCUT2D eigenvalue weighted by atomic mass is 10.0. The third kappa shape index (κ3) is 3.31. The van der Waals surface area contributed by atoms with Gasteiger partial charge in [-0.05, 0) is 45.5 Å². The van der Waals surface area contributed by atoms with E-state index in [0.717, 1.165) is 23.0 Å². The van der Waals surface area contributed by atoms with Gasteiger partial charge in [-0.25, -0.2) is 4.39 Å². The average molecular weight is 315 g/mol. The van der Waals surface area contributed by atoms with Gasteiger partial charge in [0, 0.05) is 34.7 Å². The van der Waals surface area contributed by atoms with E-state index in [2.05, 4.69) is 47.0 Å². The summed E-state index contributed by atoms with van der Waals surface area (Å²) in [6.45, 7) is 6.04. The Kier molecular flexibility index (Phi) is 4.09. The molecule has 4 heteroatoms.